The van der Waals surface area contributed by atoms with E-state index in [0.717, 1.165) is 11.1 Å². The fourth-order valence-electron chi connectivity index (χ4n) is 1.57. The lowest BCUT2D eigenvalue weighted by molar-refractivity contribution is 0.510. The van der Waals surface area contributed by atoms with Gasteiger partial charge in [-0.25, -0.2) is 0 Å². The normalized spacial score (nSPS) is 11.6. The molecular weight excluding hydrogens is 267 g/mol. The van der Waals surface area contributed by atoms with Crippen LogP contribution in [0.4, 0.5) is 0 Å². The third-order valence-corrected chi connectivity index (χ3v) is 3.09. The molecule has 0 atom stereocenters. The summed E-state index contributed by atoms with van der Waals surface area (Å²) >= 11 is 11.6. The van der Waals surface area contributed by atoms with E-state index >= 15 is 0 Å². The van der Waals surface area contributed by atoms with Gasteiger partial charge in [0.25, 0.3) is 0 Å². The van der Waals surface area contributed by atoms with Crippen LogP contribution in [0.2, 0.25) is 10.0 Å². The van der Waals surface area contributed by atoms with E-state index in [9.17, 15) is 5.11 Å². The van der Waals surface area contributed by atoms with Crippen molar-refractivity contribution in [3.05, 3.63) is 75.8 Å². The highest BCUT2D eigenvalue weighted by Crippen LogP contribution is 2.17. The Morgan fingerprint density at radius 2 is 1.39 bits per heavy atom. The van der Waals surface area contributed by atoms with Gasteiger partial charge in [0.15, 0.2) is 0 Å². The molecule has 0 aliphatic heterocycles. The molecule has 0 heterocycles. The topological polar surface area (TPSA) is 20.2 Å². The highest BCUT2D eigenvalue weighted by atomic mass is 35.5. The van der Waals surface area contributed by atoms with Gasteiger partial charge in [0.1, 0.15) is 5.76 Å². The predicted molar refractivity (Wildman–Crippen MR) is 77.2 cm³/mol. The molecule has 0 aliphatic carbocycles. The molecule has 0 aromatic heterocycles. The van der Waals surface area contributed by atoms with Crippen LogP contribution in [0.5, 0.6) is 0 Å². The summed E-state index contributed by atoms with van der Waals surface area (Å²) in [6, 6.07) is 14.6. The maximum Gasteiger partial charge on any atom is 0.119 e. The van der Waals surface area contributed by atoms with Crippen LogP contribution in [0.3, 0.4) is 0 Å². The van der Waals surface area contributed by atoms with E-state index in [2.05, 4.69) is 0 Å². The maximum atomic E-state index is 9.92. The molecule has 3 heteroatoms. The van der Waals surface area contributed by atoms with Gasteiger partial charge in [0.05, 0.1) is 0 Å². The number of benzene rings is 2. The molecule has 18 heavy (non-hydrogen) atoms. The summed E-state index contributed by atoms with van der Waals surface area (Å²) in [7, 11) is 0. The minimum Gasteiger partial charge on any atom is -0.508 e. The minimum atomic E-state index is 0.251. The second-order valence-electron chi connectivity index (χ2n) is 3.93. The van der Waals surface area contributed by atoms with E-state index < -0.39 is 0 Å². The number of aliphatic hydroxyl groups excluding tert-OH is 1. The van der Waals surface area contributed by atoms with Crippen molar-refractivity contribution in [2.24, 2.45) is 0 Å². The van der Waals surface area contributed by atoms with E-state index in [1.165, 1.54) is 0 Å². The number of hydrogen-bond donors (Lipinski definition) is 1. The molecule has 0 amide bonds. The first-order valence-electron chi connectivity index (χ1n) is 5.54. The summed E-state index contributed by atoms with van der Waals surface area (Å²) in [5, 5.41) is 11.3. The second kappa shape index (κ2) is 5.94. The van der Waals surface area contributed by atoms with Gasteiger partial charge in [-0.2, -0.15) is 0 Å². The third-order valence-electron chi connectivity index (χ3n) is 2.58. The molecule has 0 spiro atoms. The lowest BCUT2D eigenvalue weighted by Gasteiger charge is -2.01. The highest BCUT2D eigenvalue weighted by Gasteiger charge is 1.99. The van der Waals surface area contributed by atoms with Crippen molar-refractivity contribution < 1.29 is 5.11 Å². The van der Waals surface area contributed by atoms with Gasteiger partial charge in [0.2, 0.25) is 0 Å². The fraction of sp³-hybridized carbons (Fsp3) is 0.0667. The van der Waals surface area contributed by atoms with Crippen LogP contribution in [0.1, 0.15) is 11.1 Å². The summed E-state index contributed by atoms with van der Waals surface area (Å²) in [5.74, 6) is 0.251. The average molecular weight is 279 g/mol. The molecule has 0 saturated carbocycles. The summed E-state index contributed by atoms with van der Waals surface area (Å²) < 4.78 is 0. The maximum absolute atomic E-state index is 9.92. The van der Waals surface area contributed by atoms with Crippen LogP contribution < -0.4 is 0 Å². The minimum absolute atomic E-state index is 0.251. The third kappa shape index (κ3) is 3.52. The molecule has 92 valence electrons. The average Bonchev–Trinajstić information content (AvgIpc) is 2.38. The Balaban J connectivity index is 2.09. The van der Waals surface area contributed by atoms with Crippen molar-refractivity contribution in [3.63, 3.8) is 0 Å². The van der Waals surface area contributed by atoms with Crippen molar-refractivity contribution in [2.75, 3.05) is 0 Å². The van der Waals surface area contributed by atoms with Gasteiger partial charge >= 0.3 is 0 Å². The molecule has 0 saturated heterocycles. The van der Waals surface area contributed by atoms with Gasteiger partial charge in [-0.15, -0.1) is 0 Å². The Morgan fingerprint density at radius 1 is 0.889 bits per heavy atom. The zero-order valence-corrected chi connectivity index (χ0v) is 11.1. The van der Waals surface area contributed by atoms with Crippen LogP contribution in [0, 0.1) is 0 Å². The van der Waals surface area contributed by atoms with E-state index in [-0.39, 0.29) is 5.76 Å². The molecule has 0 fully saturated rings. The first kappa shape index (κ1) is 13.0. The SMILES string of the molecule is OC(=CCc1ccc(Cl)cc1)c1ccc(Cl)cc1. The van der Waals surface area contributed by atoms with Crippen LogP contribution in [-0.2, 0) is 6.42 Å². The molecule has 0 bridgehead atoms. The molecule has 2 rings (SSSR count). The lowest BCUT2D eigenvalue weighted by atomic mass is 10.1. The zero-order valence-electron chi connectivity index (χ0n) is 9.61. The number of allylic oxidation sites excluding steroid dienone is 1. The monoisotopic (exact) mass is 278 g/mol. The van der Waals surface area contributed by atoms with Crippen molar-refractivity contribution in [1.82, 2.24) is 0 Å². The molecule has 0 radical (unpaired) electrons. The van der Waals surface area contributed by atoms with Crippen molar-refractivity contribution in [1.29, 1.82) is 0 Å². The zero-order chi connectivity index (χ0) is 13.0. The fourth-order valence-corrected chi connectivity index (χ4v) is 1.83. The van der Waals surface area contributed by atoms with Gasteiger partial charge in [-0.3, -0.25) is 0 Å². The van der Waals surface area contributed by atoms with Crippen LogP contribution in [-0.4, -0.2) is 5.11 Å². The first-order valence-corrected chi connectivity index (χ1v) is 6.30. The van der Waals surface area contributed by atoms with E-state index in [1.54, 1.807) is 30.3 Å². The lowest BCUT2D eigenvalue weighted by Crippen LogP contribution is -1.86. The smallest absolute Gasteiger partial charge is 0.119 e. The Kier molecular flexibility index (Phi) is 4.29. The number of rotatable bonds is 3. The van der Waals surface area contributed by atoms with E-state index in [4.69, 9.17) is 23.2 Å². The van der Waals surface area contributed by atoms with Crippen LogP contribution in [0.25, 0.3) is 5.76 Å². The van der Waals surface area contributed by atoms with Crippen LogP contribution >= 0.6 is 23.2 Å². The standard InChI is InChI=1S/C15H12Cl2O/c16-13-6-1-11(2-7-13)3-10-15(18)12-4-8-14(17)9-5-12/h1-2,4-10,18H,3H2. The Labute approximate surface area is 116 Å². The molecule has 2 aromatic rings. The first-order chi connectivity index (χ1) is 8.65. The second-order valence-corrected chi connectivity index (χ2v) is 4.80. The number of halogens is 2. The summed E-state index contributed by atoms with van der Waals surface area (Å²) in [4.78, 5) is 0. The Morgan fingerprint density at radius 3 is 1.94 bits per heavy atom. The molecule has 1 nitrogen and oxygen atoms in total. The molecule has 1 N–H and O–H groups in total. The molecule has 0 unspecified atom stereocenters. The van der Waals surface area contributed by atoms with Gasteiger partial charge in [-0.05, 0) is 54.5 Å². The van der Waals surface area contributed by atoms with E-state index in [0.29, 0.717) is 16.5 Å². The van der Waals surface area contributed by atoms with Crippen LogP contribution in [0.15, 0.2) is 54.6 Å². The van der Waals surface area contributed by atoms with Crippen molar-refractivity contribution in [2.45, 2.75) is 6.42 Å². The number of aliphatic hydroxyl groups is 1. The van der Waals surface area contributed by atoms with Gasteiger partial charge in [0, 0.05) is 15.6 Å². The molecular formula is C15H12Cl2O. The summed E-state index contributed by atoms with van der Waals surface area (Å²) in [5.41, 5.74) is 1.85. The van der Waals surface area contributed by atoms with Gasteiger partial charge < -0.3 is 5.11 Å². The Hall–Kier alpha value is -1.44. The van der Waals surface area contributed by atoms with Crippen molar-refractivity contribution >= 4 is 29.0 Å². The highest BCUT2D eigenvalue weighted by molar-refractivity contribution is 6.30. The number of hydrogen-bond acceptors (Lipinski definition) is 1. The van der Waals surface area contributed by atoms with Gasteiger partial charge in [-0.1, -0.05) is 35.3 Å². The largest absolute Gasteiger partial charge is 0.508 e. The summed E-state index contributed by atoms with van der Waals surface area (Å²) in [6.45, 7) is 0. The van der Waals surface area contributed by atoms with E-state index in [1.807, 2.05) is 24.3 Å². The quantitative estimate of drug-likeness (QED) is 0.772. The predicted octanol–water partition coefficient (Wildman–Crippen LogP) is 5.14. The van der Waals surface area contributed by atoms with Crippen molar-refractivity contribution in [3.8, 4) is 0 Å². The molecule has 0 aliphatic rings. The Bertz CT molecular complexity index is 542. The summed E-state index contributed by atoms with van der Waals surface area (Å²) in [6.07, 6.45) is 2.43. The molecule has 2 aromatic carbocycles.